The Morgan fingerprint density at radius 2 is 1.70 bits per heavy atom. The third kappa shape index (κ3) is 3.44. The van der Waals surface area contributed by atoms with E-state index in [1.54, 1.807) is 41.0 Å². The van der Waals surface area contributed by atoms with E-state index in [1.807, 2.05) is 36.4 Å². The highest BCUT2D eigenvalue weighted by atomic mass is 35.5. The van der Waals surface area contributed by atoms with Gasteiger partial charge in [-0.3, -0.25) is 9.36 Å². The summed E-state index contributed by atoms with van der Waals surface area (Å²) in [4.78, 5) is 17.8. The van der Waals surface area contributed by atoms with Crippen LogP contribution in [0.15, 0.2) is 77.6 Å². The molecular formula is C22H17ClN2O2. The van der Waals surface area contributed by atoms with Crippen LogP contribution in [0.1, 0.15) is 5.56 Å². The maximum Gasteiger partial charge on any atom is 0.261 e. The molecule has 0 bridgehead atoms. The molecule has 4 nitrogen and oxygen atoms in total. The first-order valence-electron chi connectivity index (χ1n) is 8.66. The summed E-state index contributed by atoms with van der Waals surface area (Å²) in [6, 6.07) is 21.9. The molecule has 1 N–H and O–H groups in total. The molecule has 1 heterocycles. The summed E-state index contributed by atoms with van der Waals surface area (Å²) in [5.41, 5.74) is 2.01. The van der Waals surface area contributed by atoms with E-state index in [2.05, 4.69) is 4.98 Å². The number of halogens is 1. The van der Waals surface area contributed by atoms with Crippen LogP contribution in [-0.4, -0.2) is 14.7 Å². The highest BCUT2D eigenvalue weighted by molar-refractivity contribution is 6.31. The molecule has 3 aromatic carbocycles. The Morgan fingerprint density at radius 3 is 2.48 bits per heavy atom. The Morgan fingerprint density at radius 1 is 0.963 bits per heavy atom. The lowest BCUT2D eigenvalue weighted by molar-refractivity contribution is 0.476. The summed E-state index contributed by atoms with van der Waals surface area (Å²) in [5.74, 6) is 0.517. The molecule has 0 atom stereocenters. The molecule has 1 aromatic heterocycles. The minimum atomic E-state index is -0.147. The van der Waals surface area contributed by atoms with Crippen LogP contribution in [-0.2, 0) is 13.0 Å². The van der Waals surface area contributed by atoms with Crippen LogP contribution < -0.4 is 5.56 Å². The number of benzene rings is 3. The number of phenols is 1. The van der Waals surface area contributed by atoms with Gasteiger partial charge in [0.1, 0.15) is 11.6 Å². The number of phenolic OH excluding ortho intramolecular Hbond substituents is 1. The standard InChI is InChI=1S/C22H17ClN2O2/c23-16-10-11-17-19(14-16)24-21(18-8-4-5-9-20(18)26)25(22(17)27)13-12-15-6-2-1-3-7-15/h1-11,14,26H,12-13H2. The number of aromatic nitrogens is 2. The van der Waals surface area contributed by atoms with Gasteiger partial charge in [0.25, 0.3) is 5.56 Å². The molecule has 0 amide bonds. The highest BCUT2D eigenvalue weighted by Gasteiger charge is 2.15. The van der Waals surface area contributed by atoms with Gasteiger partial charge in [-0.25, -0.2) is 4.98 Å². The van der Waals surface area contributed by atoms with E-state index in [1.165, 1.54) is 0 Å². The van der Waals surface area contributed by atoms with Crippen LogP contribution in [0.4, 0.5) is 0 Å². The molecule has 0 fully saturated rings. The van der Waals surface area contributed by atoms with Crippen molar-refractivity contribution in [2.24, 2.45) is 0 Å². The van der Waals surface area contributed by atoms with Crippen molar-refractivity contribution in [3.05, 3.63) is 93.7 Å². The molecule has 27 heavy (non-hydrogen) atoms. The lowest BCUT2D eigenvalue weighted by Crippen LogP contribution is -2.24. The van der Waals surface area contributed by atoms with Crippen molar-refractivity contribution < 1.29 is 5.11 Å². The fraction of sp³-hybridized carbons (Fsp3) is 0.0909. The number of aromatic hydroxyl groups is 1. The smallest absolute Gasteiger partial charge is 0.261 e. The van der Waals surface area contributed by atoms with Crippen molar-refractivity contribution >= 4 is 22.5 Å². The van der Waals surface area contributed by atoms with Gasteiger partial charge < -0.3 is 5.11 Å². The topological polar surface area (TPSA) is 55.1 Å². The molecule has 5 heteroatoms. The number of para-hydroxylation sites is 1. The first-order chi connectivity index (χ1) is 13.1. The molecule has 0 saturated carbocycles. The summed E-state index contributed by atoms with van der Waals surface area (Å²) in [6.45, 7) is 0.456. The second-order valence-corrected chi connectivity index (χ2v) is 6.74. The third-order valence-corrected chi connectivity index (χ3v) is 4.76. The van der Waals surface area contributed by atoms with Crippen molar-refractivity contribution in [2.75, 3.05) is 0 Å². The molecule has 0 aliphatic rings. The highest BCUT2D eigenvalue weighted by Crippen LogP contribution is 2.28. The normalized spacial score (nSPS) is 11.0. The Kier molecular flexibility index (Phi) is 4.65. The Hall–Kier alpha value is -3.11. The number of nitrogens with zero attached hydrogens (tertiary/aromatic N) is 2. The van der Waals surface area contributed by atoms with E-state index in [0.29, 0.717) is 40.3 Å². The molecule has 134 valence electrons. The average molecular weight is 377 g/mol. The van der Waals surface area contributed by atoms with Gasteiger partial charge in [0, 0.05) is 11.6 Å². The van der Waals surface area contributed by atoms with Crippen LogP contribution in [0.25, 0.3) is 22.3 Å². The number of hydrogen-bond acceptors (Lipinski definition) is 3. The molecule has 0 saturated heterocycles. The zero-order valence-electron chi connectivity index (χ0n) is 14.5. The van der Waals surface area contributed by atoms with E-state index >= 15 is 0 Å². The number of aryl methyl sites for hydroxylation is 1. The Bertz CT molecular complexity index is 1170. The van der Waals surface area contributed by atoms with Gasteiger partial charge in [0.2, 0.25) is 0 Å². The van der Waals surface area contributed by atoms with E-state index < -0.39 is 0 Å². The molecule has 0 radical (unpaired) electrons. The Labute approximate surface area is 161 Å². The van der Waals surface area contributed by atoms with E-state index in [9.17, 15) is 9.90 Å². The summed E-state index contributed by atoms with van der Waals surface area (Å²) < 4.78 is 1.62. The van der Waals surface area contributed by atoms with Crippen LogP contribution >= 0.6 is 11.6 Å². The van der Waals surface area contributed by atoms with Crippen LogP contribution in [0.5, 0.6) is 5.75 Å². The van der Waals surface area contributed by atoms with Gasteiger partial charge in [-0.1, -0.05) is 54.1 Å². The average Bonchev–Trinajstić information content (AvgIpc) is 2.68. The van der Waals surface area contributed by atoms with Crippen molar-refractivity contribution in [2.45, 2.75) is 13.0 Å². The van der Waals surface area contributed by atoms with Crippen molar-refractivity contribution in [3.8, 4) is 17.1 Å². The molecule has 0 unspecified atom stereocenters. The largest absolute Gasteiger partial charge is 0.507 e. The monoisotopic (exact) mass is 376 g/mol. The van der Waals surface area contributed by atoms with Gasteiger partial charge >= 0.3 is 0 Å². The molecule has 0 aliphatic carbocycles. The van der Waals surface area contributed by atoms with Crippen molar-refractivity contribution in [3.63, 3.8) is 0 Å². The number of fused-ring (bicyclic) bond motifs is 1. The van der Waals surface area contributed by atoms with Crippen molar-refractivity contribution in [1.82, 2.24) is 9.55 Å². The summed E-state index contributed by atoms with van der Waals surface area (Å²) in [5, 5.41) is 11.3. The van der Waals surface area contributed by atoms with Crippen molar-refractivity contribution in [1.29, 1.82) is 0 Å². The SMILES string of the molecule is O=c1c2ccc(Cl)cc2nc(-c2ccccc2O)n1CCc1ccccc1. The minimum Gasteiger partial charge on any atom is -0.507 e. The predicted octanol–water partition coefficient (Wildman–Crippen LogP) is 4.67. The maximum absolute atomic E-state index is 13.2. The fourth-order valence-electron chi connectivity index (χ4n) is 3.16. The van der Waals surface area contributed by atoms with Gasteiger partial charge in [-0.05, 0) is 42.3 Å². The molecular weight excluding hydrogens is 360 g/mol. The molecule has 0 aliphatic heterocycles. The van der Waals surface area contributed by atoms with Gasteiger partial charge in [0.15, 0.2) is 0 Å². The van der Waals surface area contributed by atoms with Crippen LogP contribution in [0, 0.1) is 0 Å². The van der Waals surface area contributed by atoms with E-state index in [0.717, 1.165) is 5.56 Å². The summed E-state index contributed by atoms with van der Waals surface area (Å²) >= 11 is 6.08. The number of hydrogen-bond donors (Lipinski definition) is 1. The summed E-state index contributed by atoms with van der Waals surface area (Å²) in [7, 11) is 0. The van der Waals surface area contributed by atoms with Gasteiger partial charge in [-0.15, -0.1) is 0 Å². The van der Waals surface area contributed by atoms with Gasteiger partial charge in [-0.2, -0.15) is 0 Å². The quantitative estimate of drug-likeness (QED) is 0.563. The molecule has 0 spiro atoms. The molecule has 4 rings (SSSR count). The second kappa shape index (κ2) is 7.25. The lowest BCUT2D eigenvalue weighted by atomic mass is 10.1. The molecule has 4 aromatic rings. The predicted molar refractivity (Wildman–Crippen MR) is 108 cm³/mol. The first kappa shape index (κ1) is 17.3. The maximum atomic E-state index is 13.2. The fourth-order valence-corrected chi connectivity index (χ4v) is 3.32. The van der Waals surface area contributed by atoms with Crippen LogP contribution in [0.3, 0.4) is 0 Å². The minimum absolute atomic E-state index is 0.0826. The third-order valence-electron chi connectivity index (χ3n) is 4.53. The van der Waals surface area contributed by atoms with Gasteiger partial charge in [0.05, 0.1) is 16.5 Å². The summed E-state index contributed by atoms with van der Waals surface area (Å²) in [6.07, 6.45) is 0.683. The van der Waals surface area contributed by atoms with E-state index in [-0.39, 0.29) is 11.3 Å². The second-order valence-electron chi connectivity index (χ2n) is 6.31. The lowest BCUT2D eigenvalue weighted by Gasteiger charge is -2.15. The zero-order valence-corrected chi connectivity index (χ0v) is 15.2. The van der Waals surface area contributed by atoms with E-state index in [4.69, 9.17) is 11.6 Å². The number of rotatable bonds is 4. The Balaban J connectivity index is 1.90. The zero-order chi connectivity index (χ0) is 18.8. The first-order valence-corrected chi connectivity index (χ1v) is 9.03. The van der Waals surface area contributed by atoms with Crippen LogP contribution in [0.2, 0.25) is 5.02 Å².